The van der Waals surface area contributed by atoms with E-state index in [0.717, 1.165) is 35.8 Å². The van der Waals surface area contributed by atoms with Crippen molar-refractivity contribution < 1.29 is 27.2 Å². The first-order valence-corrected chi connectivity index (χ1v) is 10.9. The van der Waals surface area contributed by atoms with Crippen LogP contribution < -0.4 is 10.5 Å². The second-order valence-corrected chi connectivity index (χ2v) is 8.75. The molecule has 1 amide bonds. The van der Waals surface area contributed by atoms with Crippen molar-refractivity contribution in [1.82, 2.24) is 0 Å². The molecule has 0 bridgehead atoms. The fourth-order valence-corrected chi connectivity index (χ4v) is 4.08. The molecule has 2 aromatic carbocycles. The molecule has 1 aromatic heterocycles. The van der Waals surface area contributed by atoms with Crippen molar-refractivity contribution in [3.05, 3.63) is 59.4 Å². The predicted molar refractivity (Wildman–Crippen MR) is 109 cm³/mol. The van der Waals surface area contributed by atoms with Gasteiger partial charge in [-0.2, -0.15) is 0 Å². The number of amides is 1. The van der Waals surface area contributed by atoms with Crippen LogP contribution in [0.4, 0.5) is 5.69 Å². The van der Waals surface area contributed by atoms with Crippen molar-refractivity contribution in [1.29, 1.82) is 0 Å². The third kappa shape index (κ3) is 4.37. The first-order valence-electron chi connectivity index (χ1n) is 9.40. The van der Waals surface area contributed by atoms with Gasteiger partial charge in [0.05, 0.1) is 17.6 Å². The van der Waals surface area contributed by atoms with E-state index in [9.17, 15) is 18.0 Å². The van der Waals surface area contributed by atoms with Gasteiger partial charge in [-0.3, -0.25) is 9.59 Å². The minimum Gasteiger partial charge on any atom is -0.464 e. The molecule has 0 unspecified atom stereocenters. The standard InChI is InChI=1S/C21H20N2O6S/c22-30(26,27)17-6-4-16(5-7-17)23-20(24)12-29-21(25)10-15-11-28-19-9-14-3-1-2-13(14)8-18(15)19/h4-9,11H,1-3,10,12H2,(H,23,24)(H2,22,26,27). The number of nitrogens with two attached hydrogens (primary N) is 1. The summed E-state index contributed by atoms with van der Waals surface area (Å²) in [5, 5.41) is 8.44. The third-order valence-corrected chi connectivity index (χ3v) is 5.96. The van der Waals surface area contributed by atoms with Crippen LogP contribution in [0.2, 0.25) is 0 Å². The molecule has 1 heterocycles. The molecule has 1 aliphatic carbocycles. The van der Waals surface area contributed by atoms with Crippen molar-refractivity contribution in [2.45, 2.75) is 30.6 Å². The number of nitrogens with one attached hydrogen (secondary N) is 1. The van der Waals surface area contributed by atoms with Gasteiger partial charge in [0, 0.05) is 16.6 Å². The summed E-state index contributed by atoms with van der Waals surface area (Å²) in [6, 6.07) is 9.45. The summed E-state index contributed by atoms with van der Waals surface area (Å²) in [7, 11) is -3.80. The van der Waals surface area contributed by atoms with Crippen molar-refractivity contribution in [3.8, 4) is 0 Å². The van der Waals surface area contributed by atoms with E-state index in [0.29, 0.717) is 5.69 Å². The Morgan fingerprint density at radius 1 is 1.10 bits per heavy atom. The molecule has 1 aliphatic rings. The maximum atomic E-state index is 12.2. The van der Waals surface area contributed by atoms with Gasteiger partial charge in [0.25, 0.3) is 5.91 Å². The largest absolute Gasteiger partial charge is 0.464 e. The fourth-order valence-electron chi connectivity index (χ4n) is 3.56. The number of hydrogen-bond acceptors (Lipinski definition) is 6. The molecule has 3 N–H and O–H groups in total. The molecule has 0 atom stereocenters. The summed E-state index contributed by atoms with van der Waals surface area (Å²) in [4.78, 5) is 24.1. The number of anilines is 1. The third-order valence-electron chi connectivity index (χ3n) is 5.03. The molecule has 0 aliphatic heterocycles. The van der Waals surface area contributed by atoms with E-state index in [1.807, 2.05) is 6.07 Å². The van der Waals surface area contributed by atoms with E-state index in [2.05, 4.69) is 11.4 Å². The summed E-state index contributed by atoms with van der Waals surface area (Å²) >= 11 is 0. The average Bonchev–Trinajstić information content (AvgIpc) is 3.31. The van der Waals surface area contributed by atoms with Gasteiger partial charge in [0.1, 0.15) is 5.58 Å². The van der Waals surface area contributed by atoms with E-state index in [-0.39, 0.29) is 11.3 Å². The maximum Gasteiger partial charge on any atom is 0.310 e. The Morgan fingerprint density at radius 3 is 2.50 bits per heavy atom. The van der Waals surface area contributed by atoms with Gasteiger partial charge in [0.2, 0.25) is 10.0 Å². The number of rotatable bonds is 6. The molecule has 0 saturated carbocycles. The van der Waals surface area contributed by atoms with Crippen molar-refractivity contribution in [3.63, 3.8) is 0 Å². The number of aryl methyl sites for hydroxylation is 2. The predicted octanol–water partition coefficient (Wildman–Crippen LogP) is 2.29. The molecule has 0 fully saturated rings. The Bertz CT molecular complexity index is 1230. The Morgan fingerprint density at radius 2 is 1.80 bits per heavy atom. The number of carbonyl (C=O) groups excluding carboxylic acids is 2. The highest BCUT2D eigenvalue weighted by atomic mass is 32.2. The highest BCUT2D eigenvalue weighted by Crippen LogP contribution is 2.30. The number of fused-ring (bicyclic) bond motifs is 2. The highest BCUT2D eigenvalue weighted by molar-refractivity contribution is 7.89. The molecule has 156 valence electrons. The van der Waals surface area contributed by atoms with E-state index in [1.165, 1.54) is 35.4 Å². The van der Waals surface area contributed by atoms with Crippen LogP contribution in [0.3, 0.4) is 0 Å². The zero-order valence-corrected chi connectivity index (χ0v) is 16.8. The first kappa shape index (κ1) is 20.1. The topological polar surface area (TPSA) is 129 Å². The zero-order valence-electron chi connectivity index (χ0n) is 16.0. The average molecular weight is 428 g/mol. The molecular weight excluding hydrogens is 408 g/mol. The Balaban J connectivity index is 1.32. The second kappa shape index (κ2) is 7.92. The smallest absolute Gasteiger partial charge is 0.310 e. The molecule has 4 rings (SSSR count). The number of primary sulfonamides is 1. The van der Waals surface area contributed by atoms with Gasteiger partial charge in [-0.1, -0.05) is 0 Å². The van der Waals surface area contributed by atoms with E-state index in [1.54, 1.807) is 6.26 Å². The van der Waals surface area contributed by atoms with Crippen molar-refractivity contribution >= 4 is 38.6 Å². The van der Waals surface area contributed by atoms with Crippen LogP contribution in [0.15, 0.2) is 52.0 Å². The van der Waals surface area contributed by atoms with Gasteiger partial charge in [-0.15, -0.1) is 0 Å². The molecule has 0 spiro atoms. The van der Waals surface area contributed by atoms with Gasteiger partial charge in [0.15, 0.2) is 6.61 Å². The lowest BCUT2D eigenvalue weighted by molar-refractivity contribution is -0.146. The molecule has 8 nitrogen and oxygen atoms in total. The Hall–Kier alpha value is -3.17. The zero-order chi connectivity index (χ0) is 21.3. The number of carbonyl (C=O) groups is 2. The maximum absolute atomic E-state index is 12.2. The normalized spacial score (nSPS) is 13.2. The first-order chi connectivity index (χ1) is 14.3. The number of hydrogen-bond donors (Lipinski definition) is 2. The number of ether oxygens (including phenoxy) is 1. The summed E-state index contributed by atoms with van der Waals surface area (Å²) in [5.74, 6) is -1.08. The number of furan rings is 1. The molecule has 9 heteroatoms. The van der Waals surface area contributed by atoms with E-state index in [4.69, 9.17) is 14.3 Å². The molecular formula is C21H20N2O6S. The second-order valence-electron chi connectivity index (χ2n) is 7.19. The van der Waals surface area contributed by atoms with Crippen molar-refractivity contribution in [2.24, 2.45) is 5.14 Å². The number of sulfonamides is 1. The monoisotopic (exact) mass is 428 g/mol. The van der Waals surface area contributed by atoms with Gasteiger partial charge >= 0.3 is 5.97 Å². The fraction of sp³-hybridized carbons (Fsp3) is 0.238. The lowest BCUT2D eigenvalue weighted by Gasteiger charge is -2.07. The molecule has 0 saturated heterocycles. The number of benzene rings is 2. The Labute approximate surface area is 173 Å². The summed E-state index contributed by atoms with van der Waals surface area (Å²) in [6.45, 7) is -0.457. The molecule has 3 aromatic rings. The lowest BCUT2D eigenvalue weighted by Crippen LogP contribution is -2.21. The quantitative estimate of drug-likeness (QED) is 0.580. The van der Waals surface area contributed by atoms with Crippen LogP contribution in [-0.2, 0) is 43.6 Å². The van der Waals surface area contributed by atoms with Crippen LogP contribution in [0.5, 0.6) is 0 Å². The van der Waals surface area contributed by atoms with Gasteiger partial charge < -0.3 is 14.5 Å². The number of esters is 1. The van der Waals surface area contributed by atoms with Gasteiger partial charge in [-0.05, 0) is 66.8 Å². The molecule has 30 heavy (non-hydrogen) atoms. The van der Waals surface area contributed by atoms with Crippen LogP contribution in [0.1, 0.15) is 23.1 Å². The van der Waals surface area contributed by atoms with Crippen LogP contribution in [0, 0.1) is 0 Å². The minimum atomic E-state index is -3.80. The van der Waals surface area contributed by atoms with E-state index < -0.39 is 28.5 Å². The van der Waals surface area contributed by atoms with Crippen molar-refractivity contribution in [2.75, 3.05) is 11.9 Å². The summed E-state index contributed by atoms with van der Waals surface area (Å²) in [5.41, 5.74) is 4.41. The molecule has 0 radical (unpaired) electrons. The highest BCUT2D eigenvalue weighted by Gasteiger charge is 2.18. The van der Waals surface area contributed by atoms with Gasteiger partial charge in [-0.25, -0.2) is 13.6 Å². The van der Waals surface area contributed by atoms with Crippen LogP contribution in [0.25, 0.3) is 11.0 Å². The SMILES string of the molecule is NS(=O)(=O)c1ccc(NC(=O)COC(=O)Cc2coc3cc4c(cc23)CCC4)cc1. The van der Waals surface area contributed by atoms with E-state index >= 15 is 0 Å². The van der Waals surface area contributed by atoms with Crippen LogP contribution in [-0.4, -0.2) is 26.9 Å². The summed E-state index contributed by atoms with van der Waals surface area (Å²) in [6.07, 6.45) is 4.75. The summed E-state index contributed by atoms with van der Waals surface area (Å²) < 4.78 is 33.1. The van der Waals surface area contributed by atoms with Crippen LogP contribution >= 0.6 is 0 Å². The lowest BCUT2D eigenvalue weighted by atomic mass is 10.0. The Kier molecular flexibility index (Phi) is 5.31. The minimum absolute atomic E-state index is 0.00211.